The van der Waals surface area contributed by atoms with Crippen LogP contribution in [-0.4, -0.2) is 20.6 Å². The van der Waals surface area contributed by atoms with Crippen LogP contribution < -0.4 is 5.32 Å². The lowest BCUT2D eigenvalue weighted by Crippen LogP contribution is -2.03. The summed E-state index contributed by atoms with van der Waals surface area (Å²) >= 11 is 5.99. The Bertz CT molecular complexity index is 1120. The number of halogens is 1. The number of non-ortho nitro benzene ring substituents is 1. The molecule has 1 aromatic heterocycles. The maximum Gasteiger partial charge on any atom is 0.269 e. The Labute approximate surface area is 159 Å². The van der Waals surface area contributed by atoms with Crippen LogP contribution in [0.1, 0.15) is 11.1 Å². The summed E-state index contributed by atoms with van der Waals surface area (Å²) in [5.41, 5.74) is 4.05. The molecule has 2 aromatic carbocycles. The molecule has 0 bridgehead atoms. The van der Waals surface area contributed by atoms with Gasteiger partial charge in [-0.2, -0.15) is 5.10 Å². The molecule has 0 atom stereocenters. The Morgan fingerprint density at radius 1 is 1.22 bits per heavy atom. The van der Waals surface area contributed by atoms with Crippen LogP contribution >= 0.6 is 11.6 Å². The topological polar surface area (TPSA) is 90.1 Å². The summed E-state index contributed by atoms with van der Waals surface area (Å²) < 4.78 is 1.64. The Kier molecular flexibility index (Phi) is 4.01. The third kappa shape index (κ3) is 3.09. The predicted octanol–water partition coefficient (Wildman–Crippen LogP) is 4.14. The largest absolute Gasteiger partial charge is 0.321 e. The molecule has 0 saturated carbocycles. The molecule has 27 heavy (non-hydrogen) atoms. The molecule has 0 aliphatic carbocycles. The van der Waals surface area contributed by atoms with Crippen LogP contribution in [0, 0.1) is 10.1 Å². The van der Waals surface area contributed by atoms with Gasteiger partial charge in [-0.1, -0.05) is 17.7 Å². The van der Waals surface area contributed by atoms with E-state index in [1.807, 2.05) is 0 Å². The van der Waals surface area contributed by atoms with E-state index in [-0.39, 0.29) is 11.6 Å². The van der Waals surface area contributed by atoms with Gasteiger partial charge in [-0.3, -0.25) is 19.6 Å². The molecule has 1 aliphatic rings. The third-order valence-corrected chi connectivity index (χ3v) is 4.51. The lowest BCUT2D eigenvalue weighted by atomic mass is 10.0. The van der Waals surface area contributed by atoms with E-state index < -0.39 is 4.92 Å². The second-order valence-corrected chi connectivity index (χ2v) is 6.55. The Hall–Kier alpha value is -3.45. The number of hydrogen-bond acceptors (Lipinski definition) is 4. The molecular formula is C19H13ClN4O3. The quantitative estimate of drug-likeness (QED) is 0.420. The minimum Gasteiger partial charge on any atom is -0.321 e. The Balaban J connectivity index is 1.79. The number of nitro groups is 1. The minimum absolute atomic E-state index is 0.00978. The highest BCUT2D eigenvalue weighted by Gasteiger charge is 2.25. The van der Waals surface area contributed by atoms with Gasteiger partial charge in [0.1, 0.15) is 0 Å². The summed E-state index contributed by atoms with van der Waals surface area (Å²) in [4.78, 5) is 22.8. The maximum absolute atomic E-state index is 12.4. The summed E-state index contributed by atoms with van der Waals surface area (Å²) in [5, 5.41) is 18.6. The zero-order chi connectivity index (χ0) is 19.1. The minimum atomic E-state index is -0.448. The number of aromatic nitrogens is 2. The van der Waals surface area contributed by atoms with E-state index in [4.69, 9.17) is 11.6 Å². The number of rotatable bonds is 3. The van der Waals surface area contributed by atoms with Gasteiger partial charge in [0, 0.05) is 52.7 Å². The van der Waals surface area contributed by atoms with E-state index in [0.29, 0.717) is 22.0 Å². The van der Waals surface area contributed by atoms with Crippen molar-refractivity contribution < 1.29 is 9.72 Å². The molecule has 0 radical (unpaired) electrons. The van der Waals surface area contributed by atoms with E-state index in [2.05, 4.69) is 10.4 Å². The molecule has 0 unspecified atom stereocenters. The van der Waals surface area contributed by atoms with Gasteiger partial charge in [0.25, 0.3) is 11.6 Å². The van der Waals surface area contributed by atoms with Crippen LogP contribution in [0.5, 0.6) is 0 Å². The van der Waals surface area contributed by atoms with Crippen LogP contribution in [0.15, 0.2) is 48.7 Å². The zero-order valence-corrected chi connectivity index (χ0v) is 14.9. The lowest BCUT2D eigenvalue weighted by molar-refractivity contribution is -0.384. The van der Waals surface area contributed by atoms with Gasteiger partial charge in [-0.25, -0.2) is 0 Å². The standard InChI is InChI=1S/C19H13ClN4O3/c1-23-10-12(18(22-23)11-2-5-14(6-3-11)24(26)27)8-16-15-7-4-13(20)9-17(15)21-19(16)25/h2-10H,1H3,(H,21,25). The fourth-order valence-corrected chi connectivity index (χ4v) is 3.22. The second-order valence-electron chi connectivity index (χ2n) is 6.11. The normalized spacial score (nSPS) is 14.3. The summed E-state index contributed by atoms with van der Waals surface area (Å²) in [5.74, 6) is -0.217. The second kappa shape index (κ2) is 6.37. The van der Waals surface area contributed by atoms with Crippen LogP contribution in [0.2, 0.25) is 5.02 Å². The van der Waals surface area contributed by atoms with E-state index in [0.717, 1.165) is 16.7 Å². The first kappa shape index (κ1) is 17.0. The number of anilines is 1. The molecule has 134 valence electrons. The molecule has 0 spiro atoms. The van der Waals surface area contributed by atoms with Gasteiger partial charge in [-0.15, -0.1) is 0 Å². The van der Waals surface area contributed by atoms with E-state index in [1.165, 1.54) is 12.1 Å². The van der Waals surface area contributed by atoms with Crippen molar-refractivity contribution in [2.75, 3.05) is 5.32 Å². The monoisotopic (exact) mass is 380 g/mol. The van der Waals surface area contributed by atoms with E-state index in [1.54, 1.807) is 54.3 Å². The van der Waals surface area contributed by atoms with Crippen molar-refractivity contribution in [3.63, 3.8) is 0 Å². The predicted molar refractivity (Wildman–Crippen MR) is 103 cm³/mol. The Morgan fingerprint density at radius 3 is 2.67 bits per heavy atom. The molecule has 3 aromatic rings. The first-order valence-electron chi connectivity index (χ1n) is 8.04. The summed E-state index contributed by atoms with van der Waals surface area (Å²) in [6.45, 7) is 0. The first-order valence-corrected chi connectivity index (χ1v) is 8.41. The molecule has 2 heterocycles. The van der Waals surface area contributed by atoms with Gasteiger partial charge in [0.15, 0.2) is 0 Å². The van der Waals surface area contributed by atoms with Gasteiger partial charge in [-0.05, 0) is 30.3 Å². The summed E-state index contributed by atoms with van der Waals surface area (Å²) in [6, 6.07) is 11.4. The van der Waals surface area contributed by atoms with Crippen LogP contribution in [0.25, 0.3) is 22.9 Å². The average molecular weight is 381 g/mol. The van der Waals surface area contributed by atoms with Crippen LogP contribution in [0.4, 0.5) is 11.4 Å². The molecule has 7 nitrogen and oxygen atoms in total. The first-order chi connectivity index (χ1) is 12.9. The van der Waals surface area contributed by atoms with Gasteiger partial charge >= 0.3 is 0 Å². The molecule has 1 N–H and O–H groups in total. The van der Waals surface area contributed by atoms with Crippen LogP contribution in [-0.2, 0) is 11.8 Å². The summed E-state index contributed by atoms with van der Waals surface area (Å²) in [6.07, 6.45) is 3.56. The number of nitro benzene ring substituents is 1. The lowest BCUT2D eigenvalue weighted by Gasteiger charge is -2.01. The number of carbonyl (C=O) groups is 1. The molecule has 4 rings (SSSR count). The van der Waals surface area contributed by atoms with Gasteiger partial charge in [0.05, 0.1) is 16.3 Å². The van der Waals surface area contributed by atoms with Crippen molar-refractivity contribution in [2.45, 2.75) is 0 Å². The van der Waals surface area contributed by atoms with Crippen molar-refractivity contribution in [1.29, 1.82) is 0 Å². The third-order valence-electron chi connectivity index (χ3n) is 4.27. The van der Waals surface area contributed by atoms with Gasteiger partial charge in [0.2, 0.25) is 0 Å². The van der Waals surface area contributed by atoms with Crippen LogP contribution in [0.3, 0.4) is 0 Å². The molecule has 0 fully saturated rings. The number of nitrogens with one attached hydrogen (secondary N) is 1. The number of aryl methyl sites for hydroxylation is 1. The van der Waals surface area contributed by atoms with E-state index >= 15 is 0 Å². The van der Waals surface area contributed by atoms with Crippen molar-refractivity contribution in [3.8, 4) is 11.3 Å². The molecule has 0 saturated heterocycles. The molecule has 1 amide bonds. The van der Waals surface area contributed by atoms with Crippen molar-refractivity contribution in [3.05, 3.63) is 74.9 Å². The van der Waals surface area contributed by atoms with Crippen molar-refractivity contribution in [1.82, 2.24) is 9.78 Å². The number of hydrogen-bond donors (Lipinski definition) is 1. The maximum atomic E-state index is 12.4. The molecular weight excluding hydrogens is 368 g/mol. The highest BCUT2D eigenvalue weighted by Crippen LogP contribution is 2.36. The number of nitrogens with zero attached hydrogens (tertiary/aromatic N) is 3. The molecule has 1 aliphatic heterocycles. The fraction of sp³-hybridized carbons (Fsp3) is 0.0526. The van der Waals surface area contributed by atoms with Gasteiger partial charge < -0.3 is 5.32 Å². The zero-order valence-electron chi connectivity index (χ0n) is 14.1. The Morgan fingerprint density at radius 2 is 1.96 bits per heavy atom. The number of benzene rings is 2. The van der Waals surface area contributed by atoms with Crippen molar-refractivity contribution >= 4 is 40.5 Å². The number of amides is 1. The highest BCUT2D eigenvalue weighted by atomic mass is 35.5. The summed E-state index contributed by atoms with van der Waals surface area (Å²) in [7, 11) is 1.78. The number of fused-ring (bicyclic) bond motifs is 1. The average Bonchev–Trinajstić information content (AvgIpc) is 3.14. The molecule has 8 heteroatoms. The SMILES string of the molecule is Cn1cc(C=C2C(=O)Nc3cc(Cl)ccc32)c(-c2ccc([N+](=O)[O-])cc2)n1. The fourth-order valence-electron chi connectivity index (χ4n) is 3.04. The van der Waals surface area contributed by atoms with E-state index in [9.17, 15) is 14.9 Å². The van der Waals surface area contributed by atoms with Crippen molar-refractivity contribution in [2.24, 2.45) is 7.05 Å². The number of carbonyl (C=O) groups excluding carboxylic acids is 1. The smallest absolute Gasteiger partial charge is 0.269 e. The highest BCUT2D eigenvalue weighted by molar-refractivity contribution is 6.36.